The molecule has 0 radical (unpaired) electrons. The number of nitrogens with one attached hydrogen (secondary N) is 2. The molecule has 0 atom stereocenters. The first-order valence-electron chi connectivity index (χ1n) is 10.0. The van der Waals surface area contributed by atoms with Gasteiger partial charge in [-0.15, -0.1) is 0 Å². The zero-order valence-electron chi connectivity index (χ0n) is 16.4. The maximum atomic E-state index is 12.9. The van der Waals surface area contributed by atoms with Crippen LogP contribution in [0.5, 0.6) is 0 Å². The molecule has 0 amide bonds. The van der Waals surface area contributed by atoms with E-state index >= 15 is 0 Å². The molecule has 2 aromatic carbocycles. The van der Waals surface area contributed by atoms with E-state index in [0.717, 1.165) is 60.3 Å². The molecule has 1 saturated heterocycles. The zero-order valence-corrected chi connectivity index (χ0v) is 16.4. The molecule has 148 valence electrons. The van der Waals surface area contributed by atoms with Crippen molar-refractivity contribution >= 4 is 33.3 Å². The van der Waals surface area contributed by atoms with Crippen LogP contribution in [0.3, 0.4) is 0 Å². The van der Waals surface area contributed by atoms with Gasteiger partial charge in [-0.05, 0) is 30.8 Å². The van der Waals surface area contributed by atoms with E-state index in [1.54, 1.807) is 0 Å². The van der Waals surface area contributed by atoms with Crippen LogP contribution in [0.1, 0.15) is 6.92 Å². The number of nitrogen functional groups attached to an aromatic ring is 1. The fraction of sp³-hybridized carbons (Fsp3) is 0.273. The number of para-hydroxylation sites is 2. The number of aromatic amines is 2. The van der Waals surface area contributed by atoms with Gasteiger partial charge >= 0.3 is 0 Å². The molecular formula is C22H24N6O. The second-order valence-corrected chi connectivity index (χ2v) is 7.47. The third-order valence-electron chi connectivity index (χ3n) is 5.84. The van der Waals surface area contributed by atoms with Crippen molar-refractivity contribution in [3.63, 3.8) is 0 Å². The van der Waals surface area contributed by atoms with Crippen LogP contribution in [0.15, 0.2) is 47.3 Å². The van der Waals surface area contributed by atoms with E-state index in [2.05, 4.69) is 37.7 Å². The van der Waals surface area contributed by atoms with Gasteiger partial charge in [0.25, 0.3) is 5.56 Å². The van der Waals surface area contributed by atoms with E-state index in [4.69, 9.17) is 5.73 Å². The fourth-order valence-corrected chi connectivity index (χ4v) is 4.23. The van der Waals surface area contributed by atoms with Crippen LogP contribution >= 0.6 is 0 Å². The van der Waals surface area contributed by atoms with E-state index < -0.39 is 0 Å². The molecule has 3 heterocycles. The molecule has 0 saturated carbocycles. The number of fused-ring (bicyclic) bond motifs is 2. The van der Waals surface area contributed by atoms with Crippen molar-refractivity contribution in [1.29, 1.82) is 0 Å². The summed E-state index contributed by atoms with van der Waals surface area (Å²) < 4.78 is 0. The lowest BCUT2D eigenvalue weighted by molar-refractivity contribution is 0.271. The van der Waals surface area contributed by atoms with E-state index in [1.165, 1.54) is 0 Å². The van der Waals surface area contributed by atoms with E-state index in [1.807, 2.05) is 36.4 Å². The summed E-state index contributed by atoms with van der Waals surface area (Å²) in [7, 11) is 0. The van der Waals surface area contributed by atoms with Crippen LogP contribution in [-0.2, 0) is 0 Å². The molecule has 4 aromatic rings. The first kappa shape index (κ1) is 17.8. The average Bonchev–Trinajstić information content (AvgIpc) is 3.17. The predicted molar refractivity (Wildman–Crippen MR) is 118 cm³/mol. The van der Waals surface area contributed by atoms with Gasteiger partial charge in [0.15, 0.2) is 0 Å². The van der Waals surface area contributed by atoms with Crippen molar-refractivity contribution in [2.24, 2.45) is 0 Å². The lowest BCUT2D eigenvalue weighted by Gasteiger charge is -2.36. The summed E-state index contributed by atoms with van der Waals surface area (Å²) in [6.45, 7) is 7.17. The molecule has 4 N–H and O–H groups in total. The number of nitrogens with zero attached hydrogens (tertiary/aromatic N) is 3. The molecule has 0 unspecified atom stereocenters. The van der Waals surface area contributed by atoms with Gasteiger partial charge in [-0.25, -0.2) is 4.98 Å². The smallest absolute Gasteiger partial charge is 0.261 e. The third-order valence-corrected chi connectivity index (χ3v) is 5.84. The Morgan fingerprint density at radius 1 is 1.00 bits per heavy atom. The Bertz CT molecular complexity index is 1220. The van der Waals surface area contributed by atoms with Crippen molar-refractivity contribution in [2.75, 3.05) is 43.4 Å². The molecule has 7 heteroatoms. The molecule has 1 aliphatic rings. The lowest BCUT2D eigenvalue weighted by atomic mass is 10.1. The van der Waals surface area contributed by atoms with Crippen molar-refractivity contribution < 1.29 is 0 Å². The molecule has 5 rings (SSSR count). The van der Waals surface area contributed by atoms with E-state index in [-0.39, 0.29) is 5.56 Å². The van der Waals surface area contributed by atoms with Gasteiger partial charge in [0, 0.05) is 37.3 Å². The zero-order chi connectivity index (χ0) is 20.0. The predicted octanol–water partition coefficient (Wildman–Crippen LogP) is 2.80. The first-order chi connectivity index (χ1) is 14.2. The van der Waals surface area contributed by atoms with Gasteiger partial charge in [-0.1, -0.05) is 25.1 Å². The minimum absolute atomic E-state index is 0.234. The second-order valence-electron chi connectivity index (χ2n) is 7.47. The SMILES string of the molecule is CCN1CCN(c2cccc3[nH]c(=O)c(-c4nc5ccccc5[nH]4)c(N)c23)CC1. The van der Waals surface area contributed by atoms with Crippen LogP contribution in [0.25, 0.3) is 33.3 Å². The highest BCUT2D eigenvalue weighted by Crippen LogP contribution is 2.35. The van der Waals surface area contributed by atoms with Crippen molar-refractivity contribution in [1.82, 2.24) is 19.9 Å². The van der Waals surface area contributed by atoms with E-state index in [0.29, 0.717) is 17.1 Å². The number of aromatic nitrogens is 3. The van der Waals surface area contributed by atoms with Gasteiger partial charge in [0.2, 0.25) is 0 Å². The number of rotatable bonds is 3. The maximum absolute atomic E-state index is 12.9. The Labute approximate surface area is 168 Å². The number of H-pyrrole nitrogens is 2. The summed E-state index contributed by atoms with van der Waals surface area (Å²) in [5.41, 5.74) is 10.8. The molecule has 0 aliphatic carbocycles. The van der Waals surface area contributed by atoms with Crippen molar-refractivity contribution in [3.8, 4) is 11.4 Å². The Morgan fingerprint density at radius 3 is 2.52 bits per heavy atom. The van der Waals surface area contributed by atoms with Gasteiger partial charge in [0.1, 0.15) is 11.4 Å². The monoisotopic (exact) mass is 388 g/mol. The summed E-state index contributed by atoms with van der Waals surface area (Å²) in [5, 5.41) is 0.882. The molecule has 1 aliphatic heterocycles. The minimum Gasteiger partial charge on any atom is -0.397 e. The summed E-state index contributed by atoms with van der Waals surface area (Å²) in [6.07, 6.45) is 0. The van der Waals surface area contributed by atoms with E-state index in [9.17, 15) is 4.79 Å². The minimum atomic E-state index is -0.234. The Hall–Kier alpha value is -3.32. The topological polar surface area (TPSA) is 94.0 Å². The van der Waals surface area contributed by atoms with Crippen molar-refractivity contribution in [2.45, 2.75) is 6.92 Å². The highest BCUT2D eigenvalue weighted by molar-refractivity contribution is 6.05. The number of anilines is 2. The van der Waals surface area contributed by atoms with Gasteiger partial charge < -0.3 is 25.5 Å². The summed E-state index contributed by atoms with van der Waals surface area (Å²) in [4.78, 5) is 28.5. The largest absolute Gasteiger partial charge is 0.397 e. The van der Waals surface area contributed by atoms with Crippen LogP contribution in [-0.4, -0.2) is 52.6 Å². The second kappa shape index (κ2) is 6.93. The Kier molecular flexibility index (Phi) is 4.24. The highest BCUT2D eigenvalue weighted by atomic mass is 16.1. The summed E-state index contributed by atoms with van der Waals surface area (Å²) in [5.74, 6) is 0.498. The van der Waals surface area contributed by atoms with Crippen LogP contribution < -0.4 is 16.2 Å². The number of nitrogens with two attached hydrogens (primary N) is 1. The number of hydrogen-bond donors (Lipinski definition) is 3. The number of imidazole rings is 1. The number of likely N-dealkylation sites (N-methyl/N-ethyl adjacent to an activating group) is 1. The molecule has 7 nitrogen and oxygen atoms in total. The standard InChI is InChI=1S/C22H24N6O/c1-2-27-10-12-28(13-11-27)17-9-5-8-16-18(17)20(23)19(22(29)26-16)21-24-14-6-3-4-7-15(14)25-21/h3-9H,2,10-13H2,1H3,(H,24,25)(H3,23,26,29). The van der Waals surface area contributed by atoms with Gasteiger partial charge in [0.05, 0.1) is 22.2 Å². The molecule has 1 fully saturated rings. The lowest BCUT2D eigenvalue weighted by Crippen LogP contribution is -2.46. The van der Waals surface area contributed by atoms with Gasteiger partial charge in [-0.3, -0.25) is 4.79 Å². The van der Waals surface area contributed by atoms with Crippen LogP contribution in [0.4, 0.5) is 11.4 Å². The Balaban J connectivity index is 1.67. The number of benzene rings is 2. The number of pyridine rings is 1. The number of piperazine rings is 1. The average molecular weight is 388 g/mol. The quantitative estimate of drug-likeness (QED) is 0.502. The summed E-state index contributed by atoms with van der Waals surface area (Å²) in [6, 6.07) is 13.7. The maximum Gasteiger partial charge on any atom is 0.261 e. The van der Waals surface area contributed by atoms with Crippen molar-refractivity contribution in [3.05, 3.63) is 52.8 Å². The normalized spacial score (nSPS) is 15.4. The van der Waals surface area contributed by atoms with Crippen LogP contribution in [0, 0.1) is 0 Å². The van der Waals surface area contributed by atoms with Gasteiger partial charge in [-0.2, -0.15) is 0 Å². The third kappa shape index (κ3) is 2.94. The molecule has 0 spiro atoms. The molecule has 0 bridgehead atoms. The highest BCUT2D eigenvalue weighted by Gasteiger charge is 2.22. The fourth-order valence-electron chi connectivity index (χ4n) is 4.23. The molecule has 29 heavy (non-hydrogen) atoms. The Morgan fingerprint density at radius 2 is 1.76 bits per heavy atom. The molecule has 2 aromatic heterocycles. The number of hydrogen-bond acceptors (Lipinski definition) is 5. The van der Waals surface area contributed by atoms with Crippen LogP contribution in [0.2, 0.25) is 0 Å². The summed E-state index contributed by atoms with van der Waals surface area (Å²) >= 11 is 0. The first-order valence-corrected chi connectivity index (χ1v) is 10.0. The molecular weight excluding hydrogens is 364 g/mol.